The van der Waals surface area contributed by atoms with Crippen molar-refractivity contribution in [1.82, 2.24) is 10.2 Å². The normalized spacial score (nSPS) is 18.0. The van der Waals surface area contributed by atoms with Crippen LogP contribution in [0.1, 0.15) is 36.9 Å². The van der Waals surface area contributed by atoms with Crippen molar-refractivity contribution in [2.75, 3.05) is 19.7 Å². The summed E-state index contributed by atoms with van der Waals surface area (Å²) in [4.78, 5) is 14.9. The van der Waals surface area contributed by atoms with Crippen LogP contribution < -0.4 is 10.1 Å². The Bertz CT molecular complexity index is 764. The summed E-state index contributed by atoms with van der Waals surface area (Å²) in [5.74, 6) is 0.364. The number of rotatable bonds is 8. The van der Waals surface area contributed by atoms with Crippen LogP contribution in [0.3, 0.4) is 0 Å². The van der Waals surface area contributed by atoms with Crippen LogP contribution in [0.25, 0.3) is 0 Å². The van der Waals surface area contributed by atoms with E-state index in [2.05, 4.69) is 10.2 Å². The van der Waals surface area contributed by atoms with E-state index in [1.54, 1.807) is 12.1 Å². The second-order valence-electron chi connectivity index (χ2n) is 7.13. The van der Waals surface area contributed by atoms with Crippen molar-refractivity contribution in [1.29, 1.82) is 0 Å². The van der Waals surface area contributed by atoms with Crippen LogP contribution in [-0.4, -0.2) is 41.7 Å². The lowest BCUT2D eigenvalue weighted by atomic mass is 10.1. The van der Waals surface area contributed by atoms with Crippen molar-refractivity contribution in [2.45, 2.75) is 38.5 Å². The van der Waals surface area contributed by atoms with E-state index in [-0.39, 0.29) is 30.4 Å². The highest BCUT2D eigenvalue weighted by Gasteiger charge is 2.31. The maximum absolute atomic E-state index is 12.9. The van der Waals surface area contributed by atoms with E-state index in [4.69, 9.17) is 9.84 Å². The van der Waals surface area contributed by atoms with E-state index in [1.165, 1.54) is 12.1 Å². The lowest BCUT2D eigenvalue weighted by Crippen LogP contribution is -2.45. The molecule has 0 unspecified atom stereocenters. The number of ether oxygens (including phenoxy) is 1. The van der Waals surface area contributed by atoms with Crippen molar-refractivity contribution in [3.63, 3.8) is 0 Å². The zero-order chi connectivity index (χ0) is 19.9. The molecular formula is C22H27FN2O3. The van der Waals surface area contributed by atoms with Gasteiger partial charge in [-0.25, -0.2) is 4.39 Å². The van der Waals surface area contributed by atoms with E-state index in [0.29, 0.717) is 18.9 Å². The van der Waals surface area contributed by atoms with Gasteiger partial charge in [0.25, 0.3) is 0 Å². The molecule has 2 aromatic carbocycles. The molecule has 150 valence electrons. The molecule has 1 amide bonds. The minimum absolute atomic E-state index is 0.0120. The Morgan fingerprint density at radius 2 is 1.96 bits per heavy atom. The maximum Gasteiger partial charge on any atom is 0.237 e. The largest absolute Gasteiger partial charge is 0.492 e. The zero-order valence-electron chi connectivity index (χ0n) is 16.1. The van der Waals surface area contributed by atoms with Crippen molar-refractivity contribution in [2.24, 2.45) is 0 Å². The van der Waals surface area contributed by atoms with Gasteiger partial charge in [0.05, 0.1) is 18.7 Å². The molecule has 0 spiro atoms. The van der Waals surface area contributed by atoms with Crippen LogP contribution in [-0.2, 0) is 11.4 Å². The molecule has 1 aliphatic heterocycles. The number of carbonyl (C=O) groups is 1. The average Bonchev–Trinajstić information content (AvgIpc) is 3.18. The molecule has 0 saturated carbocycles. The molecule has 0 aliphatic carbocycles. The summed E-state index contributed by atoms with van der Waals surface area (Å²) in [7, 11) is 0. The van der Waals surface area contributed by atoms with Crippen LogP contribution in [0.5, 0.6) is 5.75 Å². The van der Waals surface area contributed by atoms with Crippen LogP contribution in [0.4, 0.5) is 4.39 Å². The molecule has 5 nitrogen and oxygen atoms in total. The van der Waals surface area contributed by atoms with Crippen LogP contribution in [0, 0.1) is 5.82 Å². The van der Waals surface area contributed by atoms with Gasteiger partial charge in [-0.1, -0.05) is 24.3 Å². The first-order chi connectivity index (χ1) is 13.6. The topological polar surface area (TPSA) is 61.8 Å². The summed E-state index contributed by atoms with van der Waals surface area (Å²) >= 11 is 0. The van der Waals surface area contributed by atoms with Crippen LogP contribution >= 0.6 is 0 Å². The fraction of sp³-hybridized carbons (Fsp3) is 0.409. The Morgan fingerprint density at radius 3 is 2.64 bits per heavy atom. The van der Waals surface area contributed by atoms with Gasteiger partial charge < -0.3 is 15.2 Å². The first kappa shape index (κ1) is 20.3. The third-order valence-electron chi connectivity index (χ3n) is 5.15. The van der Waals surface area contributed by atoms with Crippen molar-refractivity contribution in [3.8, 4) is 5.75 Å². The number of aliphatic hydroxyl groups excluding tert-OH is 1. The maximum atomic E-state index is 12.9. The number of benzene rings is 2. The lowest BCUT2D eigenvalue weighted by molar-refractivity contribution is -0.126. The molecule has 0 bridgehead atoms. The second-order valence-corrected chi connectivity index (χ2v) is 7.13. The van der Waals surface area contributed by atoms with Crippen molar-refractivity contribution < 1.29 is 19.0 Å². The first-order valence-corrected chi connectivity index (χ1v) is 9.69. The van der Waals surface area contributed by atoms with Gasteiger partial charge in [-0.15, -0.1) is 0 Å². The molecule has 1 heterocycles. The number of likely N-dealkylation sites (tertiary alicyclic amines) is 1. The van der Waals surface area contributed by atoms with Gasteiger partial charge in [-0.3, -0.25) is 9.69 Å². The molecular weight excluding hydrogens is 359 g/mol. The molecule has 28 heavy (non-hydrogen) atoms. The van der Waals surface area contributed by atoms with Gasteiger partial charge in [0.15, 0.2) is 0 Å². The van der Waals surface area contributed by atoms with E-state index >= 15 is 0 Å². The Kier molecular flexibility index (Phi) is 7.01. The first-order valence-electron chi connectivity index (χ1n) is 9.69. The molecule has 1 fully saturated rings. The Labute approximate surface area is 165 Å². The number of aliphatic hydroxyl groups is 1. The zero-order valence-corrected chi connectivity index (χ0v) is 16.1. The molecule has 0 aromatic heterocycles. The predicted octanol–water partition coefficient (Wildman–Crippen LogP) is 3.04. The van der Waals surface area contributed by atoms with E-state index in [1.807, 2.05) is 31.2 Å². The molecule has 6 heteroatoms. The molecule has 1 aliphatic rings. The third-order valence-corrected chi connectivity index (χ3v) is 5.15. The quantitative estimate of drug-likeness (QED) is 0.732. The van der Waals surface area contributed by atoms with Crippen LogP contribution in [0.15, 0.2) is 48.5 Å². The minimum atomic E-state index is -0.288. The molecule has 0 radical (unpaired) electrons. The van der Waals surface area contributed by atoms with E-state index in [9.17, 15) is 9.18 Å². The summed E-state index contributed by atoms with van der Waals surface area (Å²) in [6, 6.07) is 13.3. The molecule has 2 N–H and O–H groups in total. The smallest absolute Gasteiger partial charge is 0.237 e. The van der Waals surface area contributed by atoms with Gasteiger partial charge in [-0.2, -0.15) is 0 Å². The van der Waals surface area contributed by atoms with Crippen molar-refractivity contribution in [3.05, 3.63) is 65.5 Å². The summed E-state index contributed by atoms with van der Waals surface area (Å²) in [5, 5.41) is 12.2. The summed E-state index contributed by atoms with van der Waals surface area (Å²) < 4.78 is 18.6. The summed E-state index contributed by atoms with van der Waals surface area (Å²) in [6.45, 7) is 3.94. The Balaban J connectivity index is 1.49. The molecule has 1 saturated heterocycles. The number of nitrogens with one attached hydrogen (secondary N) is 1. The number of hydrogen-bond acceptors (Lipinski definition) is 4. The molecule has 2 aromatic rings. The fourth-order valence-electron chi connectivity index (χ4n) is 3.51. The molecule has 2 atom stereocenters. The van der Waals surface area contributed by atoms with E-state index in [0.717, 1.165) is 30.5 Å². The number of hydrogen-bond donors (Lipinski definition) is 2. The lowest BCUT2D eigenvalue weighted by Gasteiger charge is -2.25. The highest BCUT2D eigenvalue weighted by molar-refractivity contribution is 5.82. The fourth-order valence-corrected chi connectivity index (χ4v) is 3.51. The third kappa shape index (κ3) is 5.30. The van der Waals surface area contributed by atoms with E-state index < -0.39 is 0 Å². The van der Waals surface area contributed by atoms with Gasteiger partial charge in [0, 0.05) is 6.54 Å². The van der Waals surface area contributed by atoms with Crippen LogP contribution in [0.2, 0.25) is 0 Å². The number of halogens is 1. The Hall–Kier alpha value is -2.44. The SMILES string of the molecule is C[C@H](NC(=O)[C@H]1CCCN1CCOc1ccc(F)cc1)c1ccc(CO)cc1. The Morgan fingerprint density at radius 1 is 1.25 bits per heavy atom. The monoisotopic (exact) mass is 386 g/mol. The summed E-state index contributed by atoms with van der Waals surface area (Å²) in [5.41, 5.74) is 1.86. The highest BCUT2D eigenvalue weighted by Crippen LogP contribution is 2.20. The standard InChI is InChI=1S/C22H27FN2O3/c1-16(18-6-4-17(15-26)5-7-18)24-22(27)21-3-2-12-25(21)13-14-28-20-10-8-19(23)9-11-20/h4-11,16,21,26H,2-3,12-15H2,1H3,(H,24,27)/t16-,21+/m0/s1. The number of nitrogens with zero attached hydrogens (tertiary/aromatic N) is 1. The average molecular weight is 386 g/mol. The number of carbonyl (C=O) groups excluding carboxylic acids is 1. The van der Waals surface area contributed by atoms with Gasteiger partial charge >= 0.3 is 0 Å². The highest BCUT2D eigenvalue weighted by atomic mass is 19.1. The summed E-state index contributed by atoms with van der Waals surface area (Å²) in [6.07, 6.45) is 1.81. The number of amides is 1. The van der Waals surface area contributed by atoms with Crippen molar-refractivity contribution >= 4 is 5.91 Å². The molecule has 3 rings (SSSR count). The minimum Gasteiger partial charge on any atom is -0.492 e. The predicted molar refractivity (Wildman–Crippen MR) is 105 cm³/mol. The second kappa shape index (κ2) is 9.66. The van der Waals surface area contributed by atoms with Gasteiger partial charge in [-0.05, 0) is 61.7 Å². The van der Waals surface area contributed by atoms with Gasteiger partial charge in [0.2, 0.25) is 5.91 Å². The van der Waals surface area contributed by atoms with Gasteiger partial charge in [0.1, 0.15) is 18.2 Å².